The first-order chi connectivity index (χ1) is 8.13. The van der Waals surface area contributed by atoms with E-state index in [0.717, 1.165) is 5.69 Å². The zero-order valence-corrected chi connectivity index (χ0v) is 9.99. The second-order valence-electron chi connectivity index (χ2n) is 3.55. The zero-order valence-electron chi connectivity index (χ0n) is 9.24. The summed E-state index contributed by atoms with van der Waals surface area (Å²) in [6.07, 6.45) is 0. The van der Waals surface area contributed by atoms with Gasteiger partial charge in [-0.25, -0.2) is 4.98 Å². The van der Waals surface area contributed by atoms with Gasteiger partial charge in [0.05, 0.1) is 5.69 Å². The number of nitrogens with zero attached hydrogens (tertiary/aromatic N) is 2. The van der Waals surface area contributed by atoms with Crippen LogP contribution < -0.4 is 16.6 Å². The molecule has 0 aliphatic carbocycles. The molecule has 2 rings (SSSR count). The Kier molecular flexibility index (Phi) is 3.30. The van der Waals surface area contributed by atoms with Crippen molar-refractivity contribution in [2.45, 2.75) is 6.92 Å². The van der Waals surface area contributed by atoms with Gasteiger partial charge in [0.25, 0.3) is 0 Å². The molecule has 0 atom stereocenters. The molecule has 2 aromatic rings. The van der Waals surface area contributed by atoms with Crippen molar-refractivity contribution in [3.8, 4) is 0 Å². The molecule has 1 heterocycles. The highest BCUT2D eigenvalue weighted by Crippen LogP contribution is 2.13. The summed E-state index contributed by atoms with van der Waals surface area (Å²) >= 11 is 5.75. The molecule has 0 aliphatic rings. The largest absolute Gasteiger partial charge is 0.368 e. The number of aromatic nitrogens is 2. The summed E-state index contributed by atoms with van der Waals surface area (Å²) in [5.74, 6) is 0.647. The Bertz CT molecular complexity index is 492. The Morgan fingerprint density at radius 3 is 2.47 bits per heavy atom. The number of nitrogen functional groups attached to an aromatic ring is 1. The number of rotatable bonds is 3. The molecule has 0 saturated heterocycles. The topological polar surface area (TPSA) is 75.9 Å². The van der Waals surface area contributed by atoms with E-state index in [4.69, 9.17) is 17.3 Å². The van der Waals surface area contributed by atoms with Crippen molar-refractivity contribution in [1.82, 2.24) is 9.97 Å². The molecule has 6 heteroatoms. The van der Waals surface area contributed by atoms with Crippen LogP contribution in [0.15, 0.2) is 30.3 Å². The van der Waals surface area contributed by atoms with Gasteiger partial charge in [0.15, 0.2) is 5.82 Å². The van der Waals surface area contributed by atoms with Gasteiger partial charge in [-0.2, -0.15) is 4.98 Å². The summed E-state index contributed by atoms with van der Waals surface area (Å²) in [6.45, 7) is 2.03. The molecule has 17 heavy (non-hydrogen) atoms. The van der Waals surface area contributed by atoms with E-state index in [0.29, 0.717) is 11.0 Å². The summed E-state index contributed by atoms with van der Waals surface area (Å²) in [5, 5.41) is 0.297. The molecule has 0 radical (unpaired) electrons. The molecular formula is C11H12ClN5. The fraction of sp³-hybridized carbons (Fsp3) is 0.0909. The van der Waals surface area contributed by atoms with Crippen LogP contribution in [0.5, 0.6) is 0 Å². The smallest absolute Gasteiger partial charge is 0.223 e. The minimum Gasteiger partial charge on any atom is -0.368 e. The van der Waals surface area contributed by atoms with Crippen molar-refractivity contribution in [3.05, 3.63) is 41.0 Å². The molecule has 0 spiro atoms. The summed E-state index contributed by atoms with van der Waals surface area (Å²) in [5.41, 5.74) is 13.5. The first-order valence-corrected chi connectivity index (χ1v) is 5.40. The van der Waals surface area contributed by atoms with Gasteiger partial charge < -0.3 is 5.73 Å². The molecule has 0 bridgehead atoms. The number of hydrogen-bond donors (Lipinski definition) is 3. The molecule has 1 aromatic carbocycles. The number of nitrogens with two attached hydrogens (primary N) is 1. The van der Waals surface area contributed by atoms with Crippen molar-refractivity contribution >= 4 is 29.1 Å². The lowest BCUT2D eigenvalue weighted by Gasteiger charge is -2.09. The van der Waals surface area contributed by atoms with E-state index in [2.05, 4.69) is 20.8 Å². The average Bonchev–Trinajstić information content (AvgIpc) is 2.27. The molecule has 0 amide bonds. The SMILES string of the molecule is Cc1ccc(NNc2cc(Cl)nc(N)n2)cc1. The third kappa shape index (κ3) is 3.22. The zero-order chi connectivity index (χ0) is 12.3. The van der Waals surface area contributed by atoms with Gasteiger partial charge in [-0.3, -0.25) is 10.9 Å². The number of anilines is 3. The van der Waals surface area contributed by atoms with E-state index in [1.807, 2.05) is 31.2 Å². The second-order valence-corrected chi connectivity index (χ2v) is 3.94. The minimum absolute atomic E-state index is 0.130. The Hall–Kier alpha value is -2.01. The maximum atomic E-state index is 5.75. The van der Waals surface area contributed by atoms with Crippen LogP contribution in [0.1, 0.15) is 5.56 Å². The first-order valence-electron chi connectivity index (χ1n) is 5.02. The van der Waals surface area contributed by atoms with Crippen molar-refractivity contribution in [3.63, 3.8) is 0 Å². The highest BCUT2D eigenvalue weighted by molar-refractivity contribution is 6.29. The van der Waals surface area contributed by atoms with Crippen LogP contribution in [0.4, 0.5) is 17.5 Å². The normalized spacial score (nSPS) is 10.0. The van der Waals surface area contributed by atoms with Crippen LogP contribution in [0, 0.1) is 6.92 Å². The van der Waals surface area contributed by atoms with Gasteiger partial charge in [-0.05, 0) is 19.1 Å². The third-order valence-corrected chi connectivity index (χ3v) is 2.29. The lowest BCUT2D eigenvalue weighted by atomic mass is 10.2. The predicted octanol–water partition coefficient (Wildman–Crippen LogP) is 2.46. The number of hydrazine groups is 1. The van der Waals surface area contributed by atoms with Gasteiger partial charge in [0, 0.05) is 6.07 Å². The maximum absolute atomic E-state index is 5.75. The number of halogens is 1. The minimum atomic E-state index is 0.130. The van der Waals surface area contributed by atoms with E-state index < -0.39 is 0 Å². The third-order valence-electron chi connectivity index (χ3n) is 2.10. The van der Waals surface area contributed by atoms with Gasteiger partial charge in [-0.1, -0.05) is 29.3 Å². The Balaban J connectivity index is 2.04. The van der Waals surface area contributed by atoms with Crippen molar-refractivity contribution in [2.75, 3.05) is 16.6 Å². The molecule has 5 nitrogen and oxygen atoms in total. The van der Waals surface area contributed by atoms with Crippen LogP contribution in [0.2, 0.25) is 5.15 Å². The van der Waals surface area contributed by atoms with Crippen LogP contribution in [-0.2, 0) is 0 Å². The van der Waals surface area contributed by atoms with Crippen molar-refractivity contribution in [2.24, 2.45) is 0 Å². The van der Waals surface area contributed by atoms with E-state index in [1.165, 1.54) is 5.56 Å². The molecule has 0 fully saturated rings. The number of aryl methyl sites for hydroxylation is 1. The van der Waals surface area contributed by atoms with E-state index in [9.17, 15) is 0 Å². The van der Waals surface area contributed by atoms with Crippen molar-refractivity contribution < 1.29 is 0 Å². The lowest BCUT2D eigenvalue weighted by Crippen LogP contribution is -2.11. The van der Waals surface area contributed by atoms with Gasteiger partial charge in [-0.15, -0.1) is 0 Å². The summed E-state index contributed by atoms with van der Waals surface area (Å²) in [7, 11) is 0. The molecule has 1 aromatic heterocycles. The van der Waals surface area contributed by atoms with E-state index in [-0.39, 0.29) is 5.95 Å². The molecule has 0 saturated carbocycles. The highest BCUT2D eigenvalue weighted by atomic mass is 35.5. The van der Waals surface area contributed by atoms with Crippen molar-refractivity contribution in [1.29, 1.82) is 0 Å². The standard InChI is InChI=1S/C11H12ClN5/c1-7-2-4-8(5-3-7)16-17-10-6-9(12)14-11(13)15-10/h2-6,16H,1H3,(H3,13,14,15,17). The number of benzene rings is 1. The molecule has 88 valence electrons. The van der Waals surface area contributed by atoms with E-state index in [1.54, 1.807) is 6.07 Å². The van der Waals surface area contributed by atoms with Crippen LogP contribution in [-0.4, -0.2) is 9.97 Å². The highest BCUT2D eigenvalue weighted by Gasteiger charge is 1.99. The molecular weight excluding hydrogens is 238 g/mol. The summed E-state index contributed by atoms with van der Waals surface area (Å²) in [4.78, 5) is 7.74. The van der Waals surface area contributed by atoms with Crippen LogP contribution in [0.25, 0.3) is 0 Å². The van der Waals surface area contributed by atoms with Crippen LogP contribution >= 0.6 is 11.6 Å². The Labute approximate surface area is 104 Å². The molecule has 4 N–H and O–H groups in total. The monoisotopic (exact) mass is 249 g/mol. The van der Waals surface area contributed by atoms with E-state index >= 15 is 0 Å². The number of nitrogens with one attached hydrogen (secondary N) is 2. The fourth-order valence-corrected chi connectivity index (χ4v) is 1.46. The van der Waals surface area contributed by atoms with Gasteiger partial charge in [0.2, 0.25) is 5.95 Å². The van der Waals surface area contributed by atoms with Crippen LogP contribution in [0.3, 0.4) is 0 Å². The predicted molar refractivity (Wildman–Crippen MR) is 69.9 cm³/mol. The lowest BCUT2D eigenvalue weighted by molar-refractivity contribution is 1.17. The number of hydrogen-bond acceptors (Lipinski definition) is 5. The molecule has 0 unspecified atom stereocenters. The average molecular weight is 250 g/mol. The van der Waals surface area contributed by atoms with Gasteiger partial charge >= 0.3 is 0 Å². The quantitative estimate of drug-likeness (QED) is 0.576. The summed E-state index contributed by atoms with van der Waals surface area (Å²) in [6, 6.07) is 9.50. The maximum Gasteiger partial charge on any atom is 0.223 e. The first kappa shape index (κ1) is 11.5. The fourth-order valence-electron chi connectivity index (χ4n) is 1.27. The Morgan fingerprint density at radius 1 is 1.12 bits per heavy atom. The second kappa shape index (κ2) is 4.88. The van der Waals surface area contributed by atoms with Gasteiger partial charge in [0.1, 0.15) is 5.15 Å². The Morgan fingerprint density at radius 2 is 1.82 bits per heavy atom. The summed E-state index contributed by atoms with van der Waals surface area (Å²) < 4.78 is 0. The molecule has 0 aliphatic heterocycles.